The van der Waals surface area contributed by atoms with Crippen LogP contribution < -0.4 is 4.74 Å². The maximum absolute atomic E-state index is 12.0. The first-order chi connectivity index (χ1) is 11.2. The summed E-state index contributed by atoms with van der Waals surface area (Å²) in [6, 6.07) is 15.1. The maximum atomic E-state index is 12.0. The molecule has 0 atom stereocenters. The molecule has 0 amide bonds. The van der Waals surface area contributed by atoms with Gasteiger partial charge in [0.25, 0.3) is 0 Å². The van der Waals surface area contributed by atoms with Crippen LogP contribution in [0.25, 0.3) is 6.08 Å². The molecule has 1 heterocycles. The second-order valence-corrected chi connectivity index (χ2v) is 6.09. The number of hydrogen-bond donors (Lipinski definition) is 0. The van der Waals surface area contributed by atoms with Crippen LogP contribution >= 0.6 is 22.6 Å². The van der Waals surface area contributed by atoms with Crippen LogP contribution in [0.1, 0.15) is 18.1 Å². The Morgan fingerprint density at radius 1 is 1.13 bits per heavy atom. The fourth-order valence-electron chi connectivity index (χ4n) is 2.11. The summed E-state index contributed by atoms with van der Waals surface area (Å²) in [7, 11) is 0. The van der Waals surface area contributed by atoms with Crippen LogP contribution in [0.15, 0.2) is 59.2 Å². The lowest BCUT2D eigenvalue weighted by atomic mass is 10.2. The molecule has 5 heteroatoms. The molecule has 0 fully saturated rings. The van der Waals surface area contributed by atoms with Crippen molar-refractivity contribution in [3.05, 3.63) is 68.9 Å². The third-order valence-corrected chi connectivity index (χ3v) is 3.93. The van der Waals surface area contributed by atoms with Gasteiger partial charge in [-0.3, -0.25) is 0 Å². The van der Waals surface area contributed by atoms with E-state index in [-0.39, 0.29) is 0 Å². The molecule has 2 aromatic rings. The largest absolute Gasteiger partial charge is 0.494 e. The third-order valence-electron chi connectivity index (χ3n) is 3.21. The van der Waals surface area contributed by atoms with Gasteiger partial charge in [-0.2, -0.15) is 0 Å². The van der Waals surface area contributed by atoms with Crippen LogP contribution in [0.5, 0.6) is 5.75 Å². The summed E-state index contributed by atoms with van der Waals surface area (Å²) >= 11 is 2.22. The van der Waals surface area contributed by atoms with Gasteiger partial charge in [0.15, 0.2) is 5.70 Å². The van der Waals surface area contributed by atoms with Gasteiger partial charge in [0.05, 0.1) is 6.61 Å². The molecule has 0 N–H and O–H groups in total. The average molecular weight is 419 g/mol. The molecule has 4 nitrogen and oxygen atoms in total. The number of carbonyl (C=O) groups is 1. The highest BCUT2D eigenvalue weighted by Crippen LogP contribution is 2.21. The molecule has 0 aliphatic carbocycles. The molecule has 0 saturated carbocycles. The van der Waals surface area contributed by atoms with Gasteiger partial charge >= 0.3 is 5.97 Å². The second kappa shape index (κ2) is 6.95. The highest BCUT2D eigenvalue weighted by molar-refractivity contribution is 14.1. The fraction of sp³-hybridized carbons (Fsp3) is 0.111. The molecule has 0 aromatic heterocycles. The van der Waals surface area contributed by atoms with E-state index in [0.717, 1.165) is 20.4 Å². The lowest BCUT2D eigenvalue weighted by Crippen LogP contribution is -2.05. The number of carbonyl (C=O) groups excluding carboxylic acids is 1. The zero-order valence-electron chi connectivity index (χ0n) is 12.5. The van der Waals surface area contributed by atoms with Crippen molar-refractivity contribution in [2.24, 2.45) is 4.99 Å². The Hall–Kier alpha value is -2.15. The van der Waals surface area contributed by atoms with Crippen LogP contribution in [0.2, 0.25) is 0 Å². The summed E-state index contributed by atoms with van der Waals surface area (Å²) in [5.41, 5.74) is 1.95. The normalized spacial score (nSPS) is 15.5. The van der Waals surface area contributed by atoms with Crippen molar-refractivity contribution >= 4 is 40.5 Å². The van der Waals surface area contributed by atoms with Gasteiger partial charge < -0.3 is 9.47 Å². The summed E-state index contributed by atoms with van der Waals surface area (Å²) in [5, 5.41) is 0. The molecule has 1 aliphatic rings. The minimum atomic E-state index is -0.438. The minimum absolute atomic E-state index is 0.294. The number of esters is 1. The second-order valence-electron chi connectivity index (χ2n) is 4.84. The van der Waals surface area contributed by atoms with Crippen molar-refractivity contribution in [2.45, 2.75) is 6.92 Å². The lowest BCUT2D eigenvalue weighted by Gasteiger charge is -2.02. The molecule has 0 bridgehead atoms. The first-order valence-electron chi connectivity index (χ1n) is 7.17. The first-order valence-corrected chi connectivity index (χ1v) is 8.25. The van der Waals surface area contributed by atoms with Gasteiger partial charge in [-0.05, 0) is 77.6 Å². The van der Waals surface area contributed by atoms with Gasteiger partial charge in [0, 0.05) is 9.13 Å². The Bertz CT molecular complexity index is 777. The number of hydrogen-bond acceptors (Lipinski definition) is 4. The fourth-order valence-corrected chi connectivity index (χ4v) is 2.47. The van der Waals surface area contributed by atoms with Crippen LogP contribution in [-0.4, -0.2) is 18.5 Å². The number of benzene rings is 2. The van der Waals surface area contributed by atoms with E-state index >= 15 is 0 Å². The smallest absolute Gasteiger partial charge is 0.363 e. The van der Waals surface area contributed by atoms with E-state index in [9.17, 15) is 4.79 Å². The predicted molar refractivity (Wildman–Crippen MR) is 97.4 cm³/mol. The van der Waals surface area contributed by atoms with Crippen LogP contribution in [0.4, 0.5) is 0 Å². The van der Waals surface area contributed by atoms with E-state index in [2.05, 4.69) is 27.6 Å². The first kappa shape index (κ1) is 15.7. The molecule has 116 valence electrons. The molecule has 3 rings (SSSR count). The number of cyclic esters (lactones) is 1. The molecule has 1 aliphatic heterocycles. The van der Waals surface area contributed by atoms with Crippen LogP contribution in [0.3, 0.4) is 0 Å². The van der Waals surface area contributed by atoms with Crippen LogP contribution in [-0.2, 0) is 9.53 Å². The number of rotatable bonds is 4. The number of ether oxygens (including phenoxy) is 2. The van der Waals surface area contributed by atoms with Crippen molar-refractivity contribution in [1.29, 1.82) is 0 Å². The third kappa shape index (κ3) is 3.79. The Kier molecular flexibility index (Phi) is 4.76. The highest BCUT2D eigenvalue weighted by Gasteiger charge is 2.23. The Morgan fingerprint density at radius 3 is 2.48 bits per heavy atom. The zero-order valence-corrected chi connectivity index (χ0v) is 14.6. The van der Waals surface area contributed by atoms with Gasteiger partial charge in [-0.25, -0.2) is 9.79 Å². The summed E-state index contributed by atoms with van der Waals surface area (Å²) in [6.07, 6.45) is 1.71. The standard InChI is InChI=1S/C18H14INO3/c1-2-22-15-9-3-12(4-10-15)11-16-18(21)23-17(20-16)13-5-7-14(19)8-6-13/h3-11H,2H2,1H3/b16-11-. The molecule has 0 saturated heterocycles. The molecule has 0 spiro atoms. The highest BCUT2D eigenvalue weighted by atomic mass is 127. The Morgan fingerprint density at radius 2 is 1.83 bits per heavy atom. The summed E-state index contributed by atoms with van der Waals surface area (Å²) < 4.78 is 11.8. The van der Waals surface area contributed by atoms with E-state index in [0.29, 0.717) is 18.2 Å². The van der Waals surface area contributed by atoms with Crippen molar-refractivity contribution < 1.29 is 14.3 Å². The van der Waals surface area contributed by atoms with Crippen molar-refractivity contribution in [3.63, 3.8) is 0 Å². The lowest BCUT2D eigenvalue weighted by molar-refractivity contribution is -0.129. The van der Waals surface area contributed by atoms with E-state index in [1.807, 2.05) is 55.5 Å². The van der Waals surface area contributed by atoms with Crippen molar-refractivity contribution in [2.75, 3.05) is 6.61 Å². The van der Waals surface area contributed by atoms with Gasteiger partial charge in [0.1, 0.15) is 5.75 Å². The number of nitrogens with zero attached hydrogens (tertiary/aromatic N) is 1. The monoisotopic (exact) mass is 419 g/mol. The molecular weight excluding hydrogens is 405 g/mol. The topological polar surface area (TPSA) is 47.9 Å². The van der Waals surface area contributed by atoms with Crippen LogP contribution in [0, 0.1) is 3.57 Å². The summed E-state index contributed by atoms with van der Waals surface area (Å²) in [4.78, 5) is 16.3. The Labute approximate surface area is 148 Å². The average Bonchev–Trinajstić information content (AvgIpc) is 2.91. The minimum Gasteiger partial charge on any atom is -0.494 e. The number of halogens is 1. The van der Waals surface area contributed by atoms with E-state index in [1.54, 1.807) is 6.08 Å². The zero-order chi connectivity index (χ0) is 16.2. The SMILES string of the molecule is CCOc1ccc(/C=C2\N=C(c3ccc(I)cc3)OC2=O)cc1. The van der Waals surface area contributed by atoms with Gasteiger partial charge in [0.2, 0.25) is 5.90 Å². The molecule has 0 unspecified atom stereocenters. The van der Waals surface area contributed by atoms with Crippen molar-refractivity contribution in [1.82, 2.24) is 0 Å². The summed E-state index contributed by atoms with van der Waals surface area (Å²) in [6.45, 7) is 2.56. The summed E-state index contributed by atoms with van der Waals surface area (Å²) in [5.74, 6) is 0.697. The predicted octanol–water partition coefficient (Wildman–Crippen LogP) is 4.03. The maximum Gasteiger partial charge on any atom is 0.363 e. The van der Waals surface area contributed by atoms with Gasteiger partial charge in [-0.15, -0.1) is 0 Å². The molecular formula is C18H14INO3. The molecule has 2 aromatic carbocycles. The van der Waals surface area contributed by atoms with E-state index in [1.165, 1.54) is 0 Å². The molecule has 0 radical (unpaired) electrons. The quantitative estimate of drug-likeness (QED) is 0.427. The van der Waals surface area contributed by atoms with Crippen molar-refractivity contribution in [3.8, 4) is 5.75 Å². The van der Waals surface area contributed by atoms with E-state index < -0.39 is 5.97 Å². The Balaban J connectivity index is 1.84. The number of aliphatic imine (C=N–C) groups is 1. The van der Waals surface area contributed by atoms with Gasteiger partial charge in [-0.1, -0.05) is 12.1 Å². The van der Waals surface area contributed by atoms with E-state index in [4.69, 9.17) is 9.47 Å². The molecule has 23 heavy (non-hydrogen) atoms.